The minimum Gasteiger partial charge on any atom is 0 e. The second kappa shape index (κ2) is 19.7. The second-order valence-electron chi connectivity index (χ2n) is 0. The monoisotopic (exact) mass is 279 g/mol. The van der Waals surface area contributed by atoms with Gasteiger partial charge in [-0.1, -0.05) is 0 Å². The van der Waals surface area contributed by atoms with Gasteiger partial charge in [0.15, 0.2) is 0 Å². The van der Waals surface area contributed by atoms with Gasteiger partial charge in [0, 0.05) is 21.7 Å². The van der Waals surface area contributed by atoms with Crippen molar-refractivity contribution >= 4 is 23.9 Å². The Bertz CT molecular complexity index is 8.00. The first-order valence-electron chi connectivity index (χ1n) is 0.183. The third-order valence-electron chi connectivity index (χ3n) is 0. The molecule has 0 amide bonds. The van der Waals surface area contributed by atoms with Crippen molar-refractivity contribution in [1.29, 1.82) is 0 Å². The Hall–Kier alpha value is 2.05. The van der Waals surface area contributed by atoms with Crippen molar-refractivity contribution in [3.8, 4) is 0 Å². The summed E-state index contributed by atoms with van der Waals surface area (Å²) >= 11 is 0.500. The van der Waals surface area contributed by atoms with E-state index in [0.29, 0.717) is 21.0 Å². The number of rotatable bonds is 0. The van der Waals surface area contributed by atoms with Crippen molar-refractivity contribution in [3.05, 3.63) is 0 Å². The predicted octanol–water partition coefficient (Wildman–Crippen LogP) is -1.04. The van der Waals surface area contributed by atoms with E-state index < -0.39 is 0 Å². The summed E-state index contributed by atoms with van der Waals surface area (Å²) in [6, 6.07) is 0. The van der Waals surface area contributed by atoms with Gasteiger partial charge in [-0.25, -0.2) is 0 Å². The molecule has 0 saturated heterocycles. The summed E-state index contributed by atoms with van der Waals surface area (Å²) in [5.41, 5.74) is 0. The maximum atomic E-state index is 8.30. The standard InChI is InChI=1S/Nb.O.Sn.Ti.2H. The first-order chi connectivity index (χ1) is 1.00. The van der Waals surface area contributed by atoms with Crippen LogP contribution in [-0.4, -0.2) is 23.9 Å². The second-order valence-corrected chi connectivity index (χ2v) is 0. The molecule has 4 heteroatoms. The van der Waals surface area contributed by atoms with Crippen LogP contribution in [0.3, 0.4) is 0 Å². The fraction of sp³-hybridized carbons (Fsp3) is 0. The third-order valence-corrected chi connectivity index (χ3v) is 0. The average molecular weight is 277 g/mol. The van der Waals surface area contributed by atoms with Crippen LogP contribution >= 0.6 is 0 Å². The first-order valence-corrected chi connectivity index (χ1v) is 1.08. The summed E-state index contributed by atoms with van der Waals surface area (Å²) in [6.07, 6.45) is 0. The van der Waals surface area contributed by atoms with Crippen molar-refractivity contribution < 1.29 is 46.0 Å². The van der Waals surface area contributed by atoms with Crippen molar-refractivity contribution in [2.24, 2.45) is 0 Å². The maximum Gasteiger partial charge on any atom is 0 e. The Labute approximate surface area is 69.0 Å². The minimum absolute atomic E-state index is 0. The van der Waals surface area contributed by atoms with Crippen LogP contribution in [0.15, 0.2) is 0 Å². The number of hydrogen-bond donors (Lipinski definition) is 0. The largest absolute Gasteiger partial charge is 0 e. The van der Waals surface area contributed by atoms with Crippen LogP contribution in [0.25, 0.3) is 0 Å². The molecule has 21 valence electrons. The van der Waals surface area contributed by atoms with E-state index in [-0.39, 0.29) is 45.6 Å². The van der Waals surface area contributed by atoms with Crippen LogP contribution in [0.4, 0.5) is 0 Å². The van der Waals surface area contributed by atoms with Crippen molar-refractivity contribution in [2.75, 3.05) is 0 Å². The van der Waals surface area contributed by atoms with Crippen LogP contribution in [0.5, 0.6) is 0 Å². The summed E-state index contributed by atoms with van der Waals surface area (Å²) < 4.78 is 8.30. The maximum absolute atomic E-state index is 8.30. The molecular weight excluding hydrogens is 275 g/mol. The Morgan fingerprint density at radius 1 is 1.25 bits per heavy atom. The van der Waals surface area contributed by atoms with E-state index in [0.717, 1.165) is 0 Å². The summed E-state index contributed by atoms with van der Waals surface area (Å²) in [4.78, 5) is 0. The van der Waals surface area contributed by atoms with E-state index in [9.17, 15) is 0 Å². The van der Waals surface area contributed by atoms with Gasteiger partial charge in [0.05, 0.1) is 0 Å². The van der Waals surface area contributed by atoms with Crippen molar-refractivity contribution in [2.45, 2.75) is 0 Å². The Balaban J connectivity index is -0.00000000500. The van der Waals surface area contributed by atoms with Crippen LogP contribution in [0, 0.1) is 0 Å². The van der Waals surface area contributed by atoms with Gasteiger partial charge in [0.25, 0.3) is 0 Å². The zero-order chi connectivity index (χ0) is 2.00. The molecule has 4 heavy (non-hydrogen) atoms. The van der Waals surface area contributed by atoms with Crippen LogP contribution < -0.4 is 0 Å². The van der Waals surface area contributed by atoms with Gasteiger partial charge in [-0.2, -0.15) is 0 Å². The molecule has 0 spiro atoms. The van der Waals surface area contributed by atoms with Gasteiger partial charge in [0.1, 0.15) is 0 Å². The van der Waals surface area contributed by atoms with Crippen LogP contribution in [-0.2, 0) is 46.0 Å². The van der Waals surface area contributed by atoms with Gasteiger partial charge >= 0.3 is 48.2 Å². The zero-order valence-electron chi connectivity index (χ0n) is 2.06. The summed E-state index contributed by atoms with van der Waals surface area (Å²) in [5, 5.41) is 0. The van der Waals surface area contributed by atoms with E-state index in [2.05, 4.69) is 0 Å². The third kappa shape index (κ3) is 8.96. The molecule has 0 aromatic rings. The molecule has 0 aliphatic heterocycles. The molecule has 1 nitrogen and oxygen atoms in total. The first kappa shape index (κ1) is 16.6. The Morgan fingerprint density at radius 3 is 1.25 bits per heavy atom. The molecule has 0 aromatic heterocycles. The predicted molar refractivity (Wildman–Crippen MR) is 9.23 cm³/mol. The minimum atomic E-state index is 0. The molecule has 0 bridgehead atoms. The molecule has 2 radical (unpaired) electrons. The van der Waals surface area contributed by atoms with E-state index in [1.54, 1.807) is 0 Å². The summed E-state index contributed by atoms with van der Waals surface area (Å²) in [6.45, 7) is 0. The average Bonchev–Trinajstić information content (AvgIpc) is 1.00. The van der Waals surface area contributed by atoms with Gasteiger partial charge in [0.2, 0.25) is 0 Å². The fourth-order valence-electron chi connectivity index (χ4n) is 0. The molecule has 0 heterocycles. The summed E-state index contributed by atoms with van der Waals surface area (Å²) in [5.74, 6) is 0. The quantitative estimate of drug-likeness (QED) is 0.517. The molecular formula is H2NbOSnTi. The van der Waals surface area contributed by atoms with Crippen LogP contribution in [0.1, 0.15) is 0 Å². The SMILES string of the molecule is [O]=[Nb].[SnH2].[Ti]. The molecule has 0 N–H and O–H groups in total. The van der Waals surface area contributed by atoms with Crippen LogP contribution in [0.2, 0.25) is 0 Å². The molecule has 0 aliphatic rings. The molecule has 0 aliphatic carbocycles. The van der Waals surface area contributed by atoms with E-state index in [1.165, 1.54) is 0 Å². The van der Waals surface area contributed by atoms with Crippen molar-refractivity contribution in [1.82, 2.24) is 0 Å². The number of hydrogen-bond acceptors (Lipinski definition) is 1. The normalized spacial score (nSPS) is 0.750. The smallest absolute Gasteiger partial charge is 0 e. The van der Waals surface area contributed by atoms with Crippen molar-refractivity contribution in [3.63, 3.8) is 0 Å². The van der Waals surface area contributed by atoms with E-state index in [4.69, 9.17) is 3.25 Å². The van der Waals surface area contributed by atoms with E-state index in [1.807, 2.05) is 0 Å². The zero-order valence-corrected chi connectivity index (χ0v) is 9.86. The molecule has 0 fully saturated rings. The molecule has 0 saturated carbocycles. The molecule has 0 aromatic carbocycles. The molecule has 0 rings (SSSR count). The Morgan fingerprint density at radius 2 is 1.25 bits per heavy atom. The van der Waals surface area contributed by atoms with Gasteiger partial charge in [-0.3, -0.25) is 0 Å². The van der Waals surface area contributed by atoms with Gasteiger partial charge in [-0.05, 0) is 0 Å². The molecule has 0 unspecified atom stereocenters. The topological polar surface area (TPSA) is 17.1 Å². The van der Waals surface area contributed by atoms with E-state index >= 15 is 0 Å². The Kier molecular flexibility index (Phi) is 81.6. The van der Waals surface area contributed by atoms with Gasteiger partial charge < -0.3 is 0 Å². The summed E-state index contributed by atoms with van der Waals surface area (Å²) in [7, 11) is 0. The fourth-order valence-corrected chi connectivity index (χ4v) is 0. The van der Waals surface area contributed by atoms with Gasteiger partial charge in [-0.15, -0.1) is 0 Å². The molecule has 0 atom stereocenters.